The summed E-state index contributed by atoms with van der Waals surface area (Å²) in [6.07, 6.45) is 3.99. The van der Waals surface area contributed by atoms with Crippen LogP contribution in [0.2, 0.25) is 0 Å². The highest BCUT2D eigenvalue weighted by Gasteiger charge is 2.00. The number of hydrogen-bond donors (Lipinski definition) is 3. The predicted octanol–water partition coefficient (Wildman–Crippen LogP) is 5.24. The molecule has 0 aliphatic heterocycles. The quantitative estimate of drug-likeness (QED) is 0.432. The van der Waals surface area contributed by atoms with Crippen LogP contribution in [0.25, 0.3) is 12.2 Å². The van der Waals surface area contributed by atoms with Crippen LogP contribution in [-0.2, 0) is 0 Å². The van der Waals surface area contributed by atoms with Gasteiger partial charge in [0.25, 0.3) is 0 Å². The van der Waals surface area contributed by atoms with Crippen molar-refractivity contribution in [1.82, 2.24) is 0 Å². The minimum absolute atomic E-state index is 0.258. The second-order valence-electron chi connectivity index (χ2n) is 5.82. The van der Waals surface area contributed by atoms with Crippen LogP contribution in [0, 0.1) is 11.3 Å². The molecule has 0 atom stereocenters. The van der Waals surface area contributed by atoms with Gasteiger partial charge in [-0.05, 0) is 71.9 Å². The molecule has 0 amide bonds. The standard InChI is InChI=1S/C22H17N3OS/c23-15-18-5-11-20(12-6-18)25-22(27)24-19-9-3-16(4-10-19)1-2-17-7-13-21(26)14-8-17/h1-14,26H,(H2,24,25,27)/b2-1+. The summed E-state index contributed by atoms with van der Waals surface area (Å²) in [5.41, 5.74) is 4.38. The molecule has 0 bridgehead atoms. The molecule has 3 N–H and O–H groups in total. The zero-order valence-electron chi connectivity index (χ0n) is 14.4. The average molecular weight is 371 g/mol. The molecule has 0 saturated carbocycles. The van der Waals surface area contributed by atoms with Gasteiger partial charge in [0.1, 0.15) is 5.75 Å². The smallest absolute Gasteiger partial charge is 0.175 e. The fourth-order valence-corrected chi connectivity index (χ4v) is 2.61. The Hall–Kier alpha value is -3.62. The van der Waals surface area contributed by atoms with Gasteiger partial charge in [0.15, 0.2) is 5.11 Å². The Balaban J connectivity index is 1.57. The van der Waals surface area contributed by atoms with Crippen molar-refractivity contribution in [3.63, 3.8) is 0 Å². The number of nitrogens with one attached hydrogen (secondary N) is 2. The van der Waals surface area contributed by atoms with Crippen molar-refractivity contribution >= 4 is 40.9 Å². The van der Waals surface area contributed by atoms with Crippen LogP contribution in [0.5, 0.6) is 5.75 Å². The molecule has 0 aliphatic carbocycles. The summed E-state index contributed by atoms with van der Waals surface area (Å²) >= 11 is 5.32. The number of rotatable bonds is 4. The zero-order chi connectivity index (χ0) is 19.1. The molecule has 0 aromatic heterocycles. The largest absolute Gasteiger partial charge is 0.508 e. The van der Waals surface area contributed by atoms with Crippen LogP contribution in [0.3, 0.4) is 0 Å². The molecule has 27 heavy (non-hydrogen) atoms. The second kappa shape index (κ2) is 8.65. The van der Waals surface area contributed by atoms with Gasteiger partial charge in [0, 0.05) is 11.4 Å². The lowest BCUT2D eigenvalue weighted by Crippen LogP contribution is -2.18. The van der Waals surface area contributed by atoms with Gasteiger partial charge < -0.3 is 15.7 Å². The Morgan fingerprint density at radius 2 is 1.22 bits per heavy atom. The van der Waals surface area contributed by atoms with E-state index in [9.17, 15) is 5.11 Å². The molecule has 132 valence electrons. The Morgan fingerprint density at radius 3 is 1.70 bits per heavy atom. The normalized spacial score (nSPS) is 10.3. The number of phenolic OH excluding ortho intramolecular Hbond substituents is 1. The Morgan fingerprint density at radius 1 is 0.778 bits per heavy atom. The molecule has 0 saturated heterocycles. The first kappa shape index (κ1) is 18.2. The SMILES string of the molecule is N#Cc1ccc(NC(=S)Nc2ccc(/C=C/c3ccc(O)cc3)cc2)cc1. The number of aromatic hydroxyl groups is 1. The van der Waals surface area contributed by atoms with Gasteiger partial charge in [0.2, 0.25) is 0 Å². The van der Waals surface area contributed by atoms with Gasteiger partial charge >= 0.3 is 0 Å². The van der Waals surface area contributed by atoms with Gasteiger partial charge in [0.05, 0.1) is 11.6 Å². The summed E-state index contributed by atoms with van der Waals surface area (Å²) in [6.45, 7) is 0. The van der Waals surface area contributed by atoms with E-state index in [1.54, 1.807) is 24.3 Å². The number of hydrogen-bond acceptors (Lipinski definition) is 3. The lowest BCUT2D eigenvalue weighted by Gasteiger charge is -2.10. The summed E-state index contributed by atoms with van der Waals surface area (Å²) in [7, 11) is 0. The summed E-state index contributed by atoms with van der Waals surface area (Å²) in [5.74, 6) is 0.258. The third kappa shape index (κ3) is 5.43. The molecule has 3 aromatic carbocycles. The van der Waals surface area contributed by atoms with Crippen molar-refractivity contribution in [2.24, 2.45) is 0 Å². The van der Waals surface area contributed by atoms with E-state index in [1.165, 1.54) is 0 Å². The van der Waals surface area contributed by atoms with Crippen molar-refractivity contribution in [2.45, 2.75) is 0 Å². The lowest BCUT2D eigenvalue weighted by molar-refractivity contribution is 0.475. The summed E-state index contributed by atoms with van der Waals surface area (Å²) in [4.78, 5) is 0. The highest BCUT2D eigenvalue weighted by Crippen LogP contribution is 2.15. The molecule has 0 aliphatic rings. The maximum Gasteiger partial charge on any atom is 0.175 e. The van der Waals surface area contributed by atoms with Crippen LogP contribution in [0.4, 0.5) is 11.4 Å². The monoisotopic (exact) mass is 371 g/mol. The van der Waals surface area contributed by atoms with Crippen molar-refractivity contribution in [3.8, 4) is 11.8 Å². The Kier molecular flexibility index (Phi) is 5.83. The molecule has 0 fully saturated rings. The maximum atomic E-state index is 9.30. The first-order valence-electron chi connectivity index (χ1n) is 8.28. The first-order valence-corrected chi connectivity index (χ1v) is 8.68. The highest BCUT2D eigenvalue weighted by atomic mass is 32.1. The summed E-state index contributed by atoms with van der Waals surface area (Å²) in [6, 6.07) is 24.1. The highest BCUT2D eigenvalue weighted by molar-refractivity contribution is 7.80. The van der Waals surface area contributed by atoms with E-state index in [-0.39, 0.29) is 5.75 Å². The summed E-state index contributed by atoms with van der Waals surface area (Å²) < 4.78 is 0. The van der Waals surface area contributed by atoms with Crippen LogP contribution in [0.1, 0.15) is 16.7 Å². The van der Waals surface area contributed by atoms with E-state index in [2.05, 4.69) is 16.7 Å². The fourth-order valence-electron chi connectivity index (χ4n) is 2.38. The molecule has 5 heteroatoms. The van der Waals surface area contributed by atoms with Crippen molar-refractivity contribution in [3.05, 3.63) is 89.5 Å². The second-order valence-corrected chi connectivity index (χ2v) is 6.22. The minimum Gasteiger partial charge on any atom is -0.508 e. The van der Waals surface area contributed by atoms with Gasteiger partial charge in [-0.1, -0.05) is 36.4 Å². The van der Waals surface area contributed by atoms with Crippen LogP contribution in [-0.4, -0.2) is 10.2 Å². The van der Waals surface area contributed by atoms with Gasteiger partial charge in [-0.15, -0.1) is 0 Å². The fraction of sp³-hybridized carbons (Fsp3) is 0. The average Bonchev–Trinajstić information content (AvgIpc) is 2.69. The topological polar surface area (TPSA) is 68.1 Å². The number of anilines is 2. The van der Waals surface area contributed by atoms with E-state index in [1.807, 2.05) is 60.7 Å². The molecule has 4 nitrogen and oxygen atoms in total. The number of thiocarbonyl (C=S) groups is 1. The van der Waals surface area contributed by atoms with Crippen LogP contribution >= 0.6 is 12.2 Å². The third-order valence-corrected chi connectivity index (χ3v) is 4.01. The summed E-state index contributed by atoms with van der Waals surface area (Å²) in [5, 5.41) is 24.8. The van der Waals surface area contributed by atoms with Crippen LogP contribution in [0.15, 0.2) is 72.8 Å². The Bertz CT molecular complexity index is 986. The molecular formula is C22H17N3OS. The van der Waals surface area contributed by atoms with Crippen molar-refractivity contribution in [2.75, 3.05) is 10.6 Å². The molecule has 3 aromatic rings. The minimum atomic E-state index is 0.258. The third-order valence-electron chi connectivity index (χ3n) is 3.80. The molecule has 0 heterocycles. The van der Waals surface area contributed by atoms with Crippen molar-refractivity contribution < 1.29 is 5.11 Å². The maximum absolute atomic E-state index is 9.30. The number of benzene rings is 3. The van der Waals surface area contributed by atoms with E-state index in [4.69, 9.17) is 17.5 Å². The van der Waals surface area contributed by atoms with Crippen LogP contribution < -0.4 is 10.6 Å². The lowest BCUT2D eigenvalue weighted by atomic mass is 10.1. The van der Waals surface area contributed by atoms with E-state index < -0.39 is 0 Å². The number of nitrogens with zero attached hydrogens (tertiary/aromatic N) is 1. The van der Waals surface area contributed by atoms with Gasteiger partial charge in [-0.2, -0.15) is 5.26 Å². The molecule has 0 radical (unpaired) electrons. The van der Waals surface area contributed by atoms with E-state index >= 15 is 0 Å². The predicted molar refractivity (Wildman–Crippen MR) is 114 cm³/mol. The molecule has 0 spiro atoms. The molecule has 0 unspecified atom stereocenters. The van der Waals surface area contributed by atoms with E-state index in [0.717, 1.165) is 22.5 Å². The van der Waals surface area contributed by atoms with Crippen molar-refractivity contribution in [1.29, 1.82) is 5.26 Å². The van der Waals surface area contributed by atoms with Gasteiger partial charge in [-0.3, -0.25) is 0 Å². The first-order chi connectivity index (χ1) is 13.1. The zero-order valence-corrected chi connectivity index (χ0v) is 15.2. The number of nitriles is 1. The molecular weight excluding hydrogens is 354 g/mol. The van der Waals surface area contributed by atoms with Gasteiger partial charge in [-0.25, -0.2) is 0 Å². The number of phenols is 1. The Labute approximate surface area is 163 Å². The molecule has 3 rings (SSSR count). The van der Waals surface area contributed by atoms with E-state index in [0.29, 0.717) is 10.7 Å².